The van der Waals surface area contributed by atoms with Gasteiger partial charge in [0, 0.05) is 42.1 Å². The summed E-state index contributed by atoms with van der Waals surface area (Å²) in [6.07, 6.45) is -0.0152. The maximum atomic E-state index is 14.5. The summed E-state index contributed by atoms with van der Waals surface area (Å²) >= 11 is 3.24. The number of methoxy groups -OCH3 is 1. The number of likely N-dealkylation sites (tertiary alicyclic amines) is 1. The third-order valence-corrected chi connectivity index (χ3v) is 16.2. The number of amides is 3. The molecule has 3 N–H and O–H groups in total. The topological polar surface area (TPSA) is 184 Å². The van der Waals surface area contributed by atoms with Crippen LogP contribution in [0.2, 0.25) is 0 Å². The number of carbonyl (C=O) groups excluding carboxylic acids is 4. The number of esters is 1. The first kappa shape index (κ1) is 49.6. The van der Waals surface area contributed by atoms with Crippen LogP contribution in [0.25, 0.3) is 26.6 Å². The van der Waals surface area contributed by atoms with Crippen LogP contribution in [0.3, 0.4) is 0 Å². The zero-order valence-electron chi connectivity index (χ0n) is 41.7. The van der Waals surface area contributed by atoms with Crippen molar-refractivity contribution in [3.8, 4) is 26.6 Å². The predicted octanol–water partition coefficient (Wildman–Crippen LogP) is 7.54. The van der Waals surface area contributed by atoms with E-state index in [1.165, 1.54) is 17.6 Å². The van der Waals surface area contributed by atoms with Gasteiger partial charge in [-0.25, -0.2) is 4.98 Å². The Hall–Kier alpha value is -6.40. The fourth-order valence-electron chi connectivity index (χ4n) is 10.0. The van der Waals surface area contributed by atoms with Gasteiger partial charge in [-0.3, -0.25) is 33.6 Å². The van der Waals surface area contributed by atoms with Crippen LogP contribution in [0.1, 0.15) is 108 Å². The minimum Gasteiger partial charge on any atom is -0.469 e. The second-order valence-corrected chi connectivity index (χ2v) is 22.1. The molecule has 3 amide bonds. The van der Waals surface area contributed by atoms with E-state index >= 15 is 0 Å². The molecule has 0 bridgehead atoms. The molecule has 3 aromatic heterocycles. The van der Waals surface area contributed by atoms with Crippen molar-refractivity contribution in [2.75, 3.05) is 26.7 Å². The lowest BCUT2D eigenvalue weighted by atomic mass is 9.85. The largest absolute Gasteiger partial charge is 0.469 e. The number of aryl methyl sites for hydroxylation is 3. The van der Waals surface area contributed by atoms with Crippen LogP contribution in [-0.4, -0.2) is 109 Å². The van der Waals surface area contributed by atoms with Crippen molar-refractivity contribution in [1.82, 2.24) is 40.2 Å². The van der Waals surface area contributed by atoms with Crippen LogP contribution < -0.4 is 10.6 Å². The highest BCUT2D eigenvalue weighted by Gasteiger charge is 2.45. The van der Waals surface area contributed by atoms with Gasteiger partial charge in [-0.05, 0) is 85.4 Å². The standard InChI is InChI=1S/C54H61N9O6S2/c1-29-32(4)71-53-46(29)47(57-42(24-45(66)69-9)50-60-59-33(5)63(50)53)37-17-15-36(16-18-37)40-12-10-11-35-21-22-61(26-41(35)40)27-44(65)58-49(54(6,7)8)52(68)62-25-39(64)23-43(62)51(67)56-30(2)34-13-19-38(20-14-34)48-31(3)55-28-70-48/h10-20,28,30,39,42-43,49,64H,21-27H2,1-9H3,(H,56,67)(H,58,65)/t30-,39+,42-,43-,49+/m0/s1. The molecule has 0 radical (unpaired) electrons. The molecule has 0 aliphatic carbocycles. The molecule has 17 heteroatoms. The van der Waals surface area contributed by atoms with Gasteiger partial charge in [-0.2, -0.15) is 0 Å². The minimum absolute atomic E-state index is 0.00889. The molecule has 0 spiro atoms. The number of thiophene rings is 1. The molecule has 0 saturated carbocycles. The fraction of sp³-hybridized carbons (Fsp3) is 0.407. The number of benzene rings is 3. The van der Waals surface area contributed by atoms with E-state index in [0.717, 1.165) is 82.9 Å². The summed E-state index contributed by atoms with van der Waals surface area (Å²) in [4.78, 5) is 70.5. The number of hydrogen-bond donors (Lipinski definition) is 3. The summed E-state index contributed by atoms with van der Waals surface area (Å²) in [5.41, 5.74) is 12.3. The Kier molecular flexibility index (Phi) is 14.0. The van der Waals surface area contributed by atoms with E-state index in [0.29, 0.717) is 18.9 Å². The van der Waals surface area contributed by atoms with Crippen LogP contribution >= 0.6 is 22.7 Å². The number of ether oxygens (including phenoxy) is 1. The number of β-amino-alcohol motifs (C(OH)–C–C–N with tert-alkyl or cyclic N) is 1. The van der Waals surface area contributed by atoms with Gasteiger partial charge in [-0.15, -0.1) is 32.9 Å². The van der Waals surface area contributed by atoms with E-state index in [-0.39, 0.29) is 49.8 Å². The molecule has 5 atom stereocenters. The van der Waals surface area contributed by atoms with Crippen molar-refractivity contribution in [3.63, 3.8) is 0 Å². The number of aliphatic hydroxyl groups excluding tert-OH is 1. The molecule has 6 heterocycles. The third kappa shape index (κ3) is 9.97. The van der Waals surface area contributed by atoms with E-state index in [1.807, 2.05) is 75.9 Å². The molecule has 1 fully saturated rings. The van der Waals surface area contributed by atoms with E-state index in [4.69, 9.17) is 9.73 Å². The van der Waals surface area contributed by atoms with Crippen molar-refractivity contribution in [2.45, 2.75) is 111 Å². The molecule has 6 aromatic rings. The quantitative estimate of drug-likeness (QED) is 0.104. The smallest absolute Gasteiger partial charge is 0.308 e. The van der Waals surface area contributed by atoms with E-state index in [1.54, 1.807) is 22.7 Å². The lowest BCUT2D eigenvalue weighted by molar-refractivity contribution is -0.144. The van der Waals surface area contributed by atoms with Gasteiger partial charge < -0.3 is 25.4 Å². The molecule has 3 aromatic carbocycles. The van der Waals surface area contributed by atoms with Gasteiger partial charge in [0.15, 0.2) is 5.82 Å². The normalized spacial score (nSPS) is 18.6. The molecule has 9 rings (SSSR count). The monoisotopic (exact) mass is 995 g/mol. The molecule has 71 heavy (non-hydrogen) atoms. The van der Waals surface area contributed by atoms with Crippen LogP contribution in [-0.2, 0) is 36.9 Å². The van der Waals surface area contributed by atoms with Crippen molar-refractivity contribution in [1.29, 1.82) is 0 Å². The fourth-order valence-corrected chi connectivity index (χ4v) is 12.1. The number of aliphatic imine (C=N–C) groups is 1. The first-order chi connectivity index (χ1) is 33.9. The number of nitrogens with zero attached hydrogens (tertiary/aromatic N) is 7. The molecular formula is C54H61N9O6S2. The van der Waals surface area contributed by atoms with Crippen molar-refractivity contribution >= 4 is 52.1 Å². The highest BCUT2D eigenvalue weighted by molar-refractivity contribution is 7.15. The van der Waals surface area contributed by atoms with Crippen LogP contribution in [0.5, 0.6) is 0 Å². The number of carbonyl (C=O) groups is 4. The number of aromatic nitrogens is 4. The molecular weight excluding hydrogens is 935 g/mol. The predicted molar refractivity (Wildman–Crippen MR) is 276 cm³/mol. The number of fused-ring (bicyclic) bond motifs is 4. The first-order valence-corrected chi connectivity index (χ1v) is 25.8. The summed E-state index contributed by atoms with van der Waals surface area (Å²) in [7, 11) is 1.38. The lowest BCUT2D eigenvalue weighted by Crippen LogP contribution is -2.58. The highest BCUT2D eigenvalue weighted by Crippen LogP contribution is 2.40. The molecule has 370 valence electrons. The van der Waals surface area contributed by atoms with E-state index < -0.39 is 35.6 Å². The van der Waals surface area contributed by atoms with Crippen LogP contribution in [0, 0.1) is 33.1 Å². The summed E-state index contributed by atoms with van der Waals surface area (Å²) < 4.78 is 7.10. The maximum absolute atomic E-state index is 14.5. The Balaban J connectivity index is 0.888. The average molecular weight is 996 g/mol. The number of aliphatic hydroxyl groups is 1. The minimum atomic E-state index is -0.949. The van der Waals surface area contributed by atoms with Crippen molar-refractivity contribution in [2.24, 2.45) is 10.4 Å². The summed E-state index contributed by atoms with van der Waals surface area (Å²) in [6.45, 7) is 16.9. The van der Waals surface area contributed by atoms with Gasteiger partial charge in [-0.1, -0.05) is 87.5 Å². The van der Waals surface area contributed by atoms with E-state index in [9.17, 15) is 24.3 Å². The highest BCUT2D eigenvalue weighted by atomic mass is 32.1. The lowest BCUT2D eigenvalue weighted by Gasteiger charge is -2.36. The van der Waals surface area contributed by atoms with Gasteiger partial charge in [0.05, 0.1) is 54.0 Å². The number of hydrogen-bond acceptors (Lipinski definition) is 13. The number of rotatable bonds is 12. The SMILES string of the molecule is COC(=O)C[C@@H]1N=C(c2ccc(-c3cccc4c3CN(CC(=O)N[C@H](C(=O)N3C[C@H](O)C[C@H]3C(=O)N[C@@H](C)c3ccc(-c5scnc5C)cc3)C(C)(C)C)CC4)cc2)c2c(sc(C)c2C)-n2c(C)nnc21. The Morgan fingerprint density at radius 2 is 1.65 bits per heavy atom. The van der Waals surface area contributed by atoms with Crippen molar-refractivity contribution in [3.05, 3.63) is 128 Å². The van der Waals surface area contributed by atoms with Crippen LogP contribution in [0.15, 0.2) is 77.2 Å². The molecule has 3 aliphatic heterocycles. The summed E-state index contributed by atoms with van der Waals surface area (Å²) in [6, 6.07) is 19.9. The first-order valence-electron chi connectivity index (χ1n) is 24.1. The second kappa shape index (κ2) is 20.0. The zero-order valence-corrected chi connectivity index (χ0v) is 43.3. The average Bonchev–Trinajstić information content (AvgIpc) is 4.12. The van der Waals surface area contributed by atoms with E-state index in [2.05, 4.69) is 87.0 Å². The summed E-state index contributed by atoms with van der Waals surface area (Å²) in [5.74, 6) is -0.115. The van der Waals surface area contributed by atoms with Gasteiger partial charge >= 0.3 is 5.97 Å². The van der Waals surface area contributed by atoms with Crippen molar-refractivity contribution < 1.29 is 29.0 Å². The molecule has 15 nitrogen and oxygen atoms in total. The molecule has 0 unspecified atom stereocenters. The Labute approximate surface area is 422 Å². The maximum Gasteiger partial charge on any atom is 0.308 e. The molecule has 1 saturated heterocycles. The van der Waals surface area contributed by atoms with Crippen LogP contribution in [0.4, 0.5) is 0 Å². The van der Waals surface area contributed by atoms with Gasteiger partial charge in [0.1, 0.15) is 29.0 Å². The zero-order chi connectivity index (χ0) is 50.5. The Bertz CT molecular complexity index is 3040. The van der Waals surface area contributed by atoms with Gasteiger partial charge in [0.2, 0.25) is 17.7 Å². The number of thiazole rings is 1. The molecule has 3 aliphatic rings. The number of nitrogens with one attached hydrogen (secondary N) is 2. The van der Waals surface area contributed by atoms with Gasteiger partial charge in [0.25, 0.3) is 0 Å². The summed E-state index contributed by atoms with van der Waals surface area (Å²) in [5, 5.41) is 26.8. The second-order valence-electron chi connectivity index (χ2n) is 20.0. The Morgan fingerprint density at radius 1 is 0.930 bits per heavy atom. The third-order valence-electron chi connectivity index (χ3n) is 14.1. The Morgan fingerprint density at radius 3 is 2.34 bits per heavy atom.